The third kappa shape index (κ3) is 3.81. The van der Waals surface area contributed by atoms with Crippen LogP contribution in [0.3, 0.4) is 0 Å². The Labute approximate surface area is 121 Å². The number of hydrogen-bond acceptors (Lipinski definition) is 3. The van der Waals surface area contributed by atoms with Gasteiger partial charge in [-0.25, -0.2) is 0 Å². The first-order valence-electron chi connectivity index (χ1n) is 7.39. The van der Waals surface area contributed by atoms with Crippen molar-refractivity contribution in [1.82, 2.24) is 10.2 Å². The fourth-order valence-corrected chi connectivity index (χ4v) is 2.48. The number of carbonyl (C=O) groups excluding carboxylic acids is 1. The van der Waals surface area contributed by atoms with Crippen LogP contribution >= 0.6 is 0 Å². The molecule has 1 atom stereocenters. The predicted molar refractivity (Wildman–Crippen MR) is 79.5 cm³/mol. The summed E-state index contributed by atoms with van der Waals surface area (Å²) < 4.78 is 5.27. The van der Waals surface area contributed by atoms with Crippen molar-refractivity contribution in [3.05, 3.63) is 35.4 Å². The molecule has 0 bridgehead atoms. The first-order chi connectivity index (χ1) is 9.72. The van der Waals surface area contributed by atoms with Crippen molar-refractivity contribution in [3.8, 4) is 0 Å². The van der Waals surface area contributed by atoms with Gasteiger partial charge < -0.3 is 15.0 Å². The van der Waals surface area contributed by atoms with Crippen LogP contribution in [-0.2, 0) is 22.5 Å². The molecule has 1 fully saturated rings. The van der Waals surface area contributed by atoms with Crippen LogP contribution < -0.4 is 5.32 Å². The lowest BCUT2D eigenvalue weighted by Crippen LogP contribution is -2.49. The van der Waals surface area contributed by atoms with Gasteiger partial charge >= 0.3 is 0 Å². The zero-order valence-electron chi connectivity index (χ0n) is 12.4. The van der Waals surface area contributed by atoms with E-state index in [4.69, 9.17) is 4.74 Å². The minimum Gasteiger partial charge on any atom is -0.378 e. The molecule has 1 unspecified atom stereocenters. The van der Waals surface area contributed by atoms with Gasteiger partial charge in [-0.1, -0.05) is 31.2 Å². The molecule has 2 rings (SSSR count). The first kappa shape index (κ1) is 15.0. The summed E-state index contributed by atoms with van der Waals surface area (Å²) in [5.41, 5.74) is 2.61. The Morgan fingerprint density at radius 2 is 1.95 bits per heavy atom. The van der Waals surface area contributed by atoms with Gasteiger partial charge in [0, 0.05) is 19.6 Å². The quantitative estimate of drug-likeness (QED) is 0.888. The predicted octanol–water partition coefficient (Wildman–Crippen LogP) is 1.59. The SMILES string of the molecule is CCc1ccccc1CNC(C)C(=O)N1CCOCC1. The molecule has 4 nitrogen and oxygen atoms in total. The van der Waals surface area contributed by atoms with Gasteiger partial charge in [-0.05, 0) is 24.5 Å². The summed E-state index contributed by atoms with van der Waals surface area (Å²) in [6.07, 6.45) is 1.02. The molecule has 20 heavy (non-hydrogen) atoms. The number of hydrogen-bond donors (Lipinski definition) is 1. The number of morpholine rings is 1. The second-order valence-electron chi connectivity index (χ2n) is 5.16. The number of rotatable bonds is 5. The number of carbonyl (C=O) groups is 1. The summed E-state index contributed by atoms with van der Waals surface area (Å²) in [5.74, 6) is 0.169. The van der Waals surface area contributed by atoms with Gasteiger partial charge in [-0.2, -0.15) is 0 Å². The lowest BCUT2D eigenvalue weighted by atomic mass is 10.1. The molecule has 0 aromatic heterocycles. The van der Waals surface area contributed by atoms with Crippen LogP contribution in [0.1, 0.15) is 25.0 Å². The number of amides is 1. The van der Waals surface area contributed by atoms with Crippen LogP contribution in [0.4, 0.5) is 0 Å². The van der Waals surface area contributed by atoms with E-state index >= 15 is 0 Å². The van der Waals surface area contributed by atoms with Crippen LogP contribution in [0.2, 0.25) is 0 Å². The molecule has 0 aliphatic carbocycles. The summed E-state index contributed by atoms with van der Waals surface area (Å²) >= 11 is 0. The summed E-state index contributed by atoms with van der Waals surface area (Å²) in [6, 6.07) is 8.22. The van der Waals surface area contributed by atoms with Crippen molar-refractivity contribution in [2.75, 3.05) is 26.3 Å². The largest absolute Gasteiger partial charge is 0.378 e. The van der Waals surface area contributed by atoms with E-state index in [0.29, 0.717) is 26.3 Å². The fraction of sp³-hybridized carbons (Fsp3) is 0.562. The fourth-order valence-electron chi connectivity index (χ4n) is 2.48. The zero-order valence-corrected chi connectivity index (χ0v) is 12.4. The Hall–Kier alpha value is -1.39. The number of ether oxygens (including phenoxy) is 1. The normalized spacial score (nSPS) is 17.0. The van der Waals surface area contributed by atoms with Gasteiger partial charge in [-0.3, -0.25) is 4.79 Å². The molecular formula is C16H24N2O2. The van der Waals surface area contributed by atoms with Crippen molar-refractivity contribution in [1.29, 1.82) is 0 Å². The third-order valence-electron chi connectivity index (χ3n) is 3.79. The standard InChI is InChI=1S/C16H24N2O2/c1-3-14-6-4-5-7-15(14)12-17-13(2)16(19)18-8-10-20-11-9-18/h4-7,13,17H,3,8-12H2,1-2H3. The Morgan fingerprint density at radius 1 is 1.30 bits per heavy atom. The maximum Gasteiger partial charge on any atom is 0.239 e. The van der Waals surface area contributed by atoms with Crippen molar-refractivity contribution in [2.24, 2.45) is 0 Å². The summed E-state index contributed by atoms with van der Waals surface area (Å²) in [7, 11) is 0. The molecule has 1 aliphatic heterocycles. The molecule has 1 aromatic carbocycles. The lowest BCUT2D eigenvalue weighted by Gasteiger charge is -2.29. The minimum atomic E-state index is -0.155. The molecule has 0 spiro atoms. The summed E-state index contributed by atoms with van der Waals surface area (Å²) in [5, 5.41) is 3.34. The van der Waals surface area contributed by atoms with E-state index in [9.17, 15) is 4.79 Å². The van der Waals surface area contributed by atoms with E-state index in [2.05, 4.69) is 30.4 Å². The number of nitrogens with one attached hydrogen (secondary N) is 1. The van der Waals surface area contributed by atoms with Crippen LogP contribution in [0.5, 0.6) is 0 Å². The third-order valence-corrected chi connectivity index (χ3v) is 3.79. The van der Waals surface area contributed by atoms with Crippen LogP contribution in [-0.4, -0.2) is 43.2 Å². The maximum absolute atomic E-state index is 12.3. The number of nitrogens with zero attached hydrogens (tertiary/aromatic N) is 1. The number of aryl methyl sites for hydroxylation is 1. The molecule has 1 heterocycles. The van der Waals surface area contributed by atoms with E-state index in [1.54, 1.807) is 0 Å². The molecular weight excluding hydrogens is 252 g/mol. The molecule has 1 N–H and O–H groups in total. The smallest absolute Gasteiger partial charge is 0.239 e. The van der Waals surface area contributed by atoms with Gasteiger partial charge in [0.15, 0.2) is 0 Å². The van der Waals surface area contributed by atoms with Gasteiger partial charge in [-0.15, -0.1) is 0 Å². The molecule has 0 radical (unpaired) electrons. The van der Waals surface area contributed by atoms with Gasteiger partial charge in [0.05, 0.1) is 19.3 Å². The van der Waals surface area contributed by atoms with E-state index in [0.717, 1.165) is 13.0 Å². The van der Waals surface area contributed by atoms with Crippen molar-refractivity contribution in [3.63, 3.8) is 0 Å². The molecule has 1 amide bonds. The van der Waals surface area contributed by atoms with Gasteiger partial charge in [0.1, 0.15) is 0 Å². The van der Waals surface area contributed by atoms with Crippen LogP contribution in [0, 0.1) is 0 Å². The average molecular weight is 276 g/mol. The Bertz CT molecular complexity index is 442. The van der Waals surface area contributed by atoms with Gasteiger partial charge in [0.2, 0.25) is 5.91 Å². The van der Waals surface area contributed by atoms with Crippen LogP contribution in [0.15, 0.2) is 24.3 Å². The second kappa shape index (κ2) is 7.41. The molecule has 110 valence electrons. The molecule has 4 heteroatoms. The highest BCUT2D eigenvalue weighted by Crippen LogP contribution is 2.09. The van der Waals surface area contributed by atoms with Crippen molar-refractivity contribution < 1.29 is 9.53 Å². The average Bonchev–Trinajstić information content (AvgIpc) is 2.53. The topological polar surface area (TPSA) is 41.6 Å². The molecule has 0 saturated carbocycles. The van der Waals surface area contributed by atoms with E-state index in [1.165, 1.54) is 11.1 Å². The van der Waals surface area contributed by atoms with E-state index in [-0.39, 0.29) is 11.9 Å². The summed E-state index contributed by atoms with van der Waals surface area (Å²) in [4.78, 5) is 14.2. The second-order valence-corrected chi connectivity index (χ2v) is 5.16. The maximum atomic E-state index is 12.3. The highest BCUT2D eigenvalue weighted by molar-refractivity contribution is 5.81. The zero-order chi connectivity index (χ0) is 14.4. The molecule has 1 saturated heterocycles. The van der Waals surface area contributed by atoms with Crippen molar-refractivity contribution in [2.45, 2.75) is 32.9 Å². The summed E-state index contributed by atoms with van der Waals surface area (Å²) in [6.45, 7) is 7.54. The number of benzene rings is 1. The van der Waals surface area contributed by atoms with Crippen molar-refractivity contribution >= 4 is 5.91 Å². The molecule has 1 aromatic rings. The van der Waals surface area contributed by atoms with Crippen LogP contribution in [0.25, 0.3) is 0 Å². The highest BCUT2D eigenvalue weighted by Gasteiger charge is 2.21. The van der Waals surface area contributed by atoms with E-state index in [1.807, 2.05) is 17.9 Å². The Balaban J connectivity index is 1.87. The van der Waals surface area contributed by atoms with E-state index < -0.39 is 0 Å². The Morgan fingerprint density at radius 3 is 2.60 bits per heavy atom. The molecule has 1 aliphatic rings. The Kier molecular flexibility index (Phi) is 5.56. The monoisotopic (exact) mass is 276 g/mol. The van der Waals surface area contributed by atoms with Gasteiger partial charge in [0.25, 0.3) is 0 Å². The lowest BCUT2D eigenvalue weighted by molar-refractivity contribution is -0.137. The highest BCUT2D eigenvalue weighted by atomic mass is 16.5. The first-order valence-corrected chi connectivity index (χ1v) is 7.39. The minimum absolute atomic E-state index is 0.155.